The van der Waals surface area contributed by atoms with Gasteiger partial charge in [0.05, 0.1) is 11.6 Å². The van der Waals surface area contributed by atoms with Crippen molar-refractivity contribution in [1.29, 1.82) is 0 Å². The van der Waals surface area contributed by atoms with Crippen LogP contribution >= 0.6 is 11.6 Å². The molecule has 1 aliphatic heterocycles. The van der Waals surface area contributed by atoms with E-state index in [-0.39, 0.29) is 11.2 Å². The lowest BCUT2D eigenvalue weighted by Crippen LogP contribution is -2.44. The van der Waals surface area contributed by atoms with Crippen molar-refractivity contribution in [2.24, 2.45) is 0 Å². The van der Waals surface area contributed by atoms with Gasteiger partial charge in [-0.3, -0.25) is 0 Å². The summed E-state index contributed by atoms with van der Waals surface area (Å²) < 4.78 is 5.37. The molecule has 0 aliphatic carbocycles. The molecule has 1 amide bonds. The Morgan fingerprint density at radius 3 is 3.20 bits per heavy atom. The number of likely N-dealkylation sites (tertiary alicyclic amines) is 1. The molecule has 106 valence electrons. The number of anilines is 1. The van der Waals surface area contributed by atoms with E-state index in [1.807, 2.05) is 0 Å². The summed E-state index contributed by atoms with van der Waals surface area (Å²) in [4.78, 5) is 12.4. The molecule has 3 rings (SSSR count). The van der Waals surface area contributed by atoms with Gasteiger partial charge in [-0.05, 0) is 18.9 Å². The van der Waals surface area contributed by atoms with E-state index >= 15 is 0 Å². The molecule has 7 nitrogen and oxygen atoms in total. The van der Waals surface area contributed by atoms with Crippen molar-refractivity contribution in [2.75, 3.05) is 18.4 Å². The summed E-state index contributed by atoms with van der Waals surface area (Å²) in [6.07, 6.45) is 2.31. The maximum atomic E-state index is 11.0. The third kappa shape index (κ3) is 2.36. The maximum absolute atomic E-state index is 11.0. The molecule has 1 atom stereocenters. The van der Waals surface area contributed by atoms with Gasteiger partial charge in [0.25, 0.3) is 0 Å². The normalized spacial score (nSPS) is 19.2. The Kier molecular flexibility index (Phi) is 3.35. The number of halogens is 1. The number of carbonyl (C=O) groups is 1. The number of rotatable bonds is 2. The minimum Gasteiger partial charge on any atom is -0.465 e. The van der Waals surface area contributed by atoms with Crippen LogP contribution in [-0.4, -0.2) is 45.4 Å². The van der Waals surface area contributed by atoms with Gasteiger partial charge in [-0.25, -0.2) is 4.79 Å². The van der Waals surface area contributed by atoms with Crippen LogP contribution in [0.4, 0.5) is 10.6 Å². The van der Waals surface area contributed by atoms with Crippen LogP contribution < -0.4 is 5.32 Å². The Morgan fingerprint density at radius 1 is 1.55 bits per heavy atom. The average Bonchev–Trinajstić information content (AvgIpc) is 2.93. The van der Waals surface area contributed by atoms with Crippen LogP contribution in [0, 0.1) is 0 Å². The molecule has 3 heterocycles. The van der Waals surface area contributed by atoms with Gasteiger partial charge in [0.15, 0.2) is 16.6 Å². The molecule has 2 aromatic rings. The van der Waals surface area contributed by atoms with E-state index in [2.05, 4.69) is 15.5 Å². The molecular formula is C12H13ClN4O3. The number of amides is 1. The zero-order valence-electron chi connectivity index (χ0n) is 10.5. The second kappa shape index (κ2) is 5.16. The lowest BCUT2D eigenvalue weighted by molar-refractivity contribution is 0.133. The van der Waals surface area contributed by atoms with Gasteiger partial charge in [0.1, 0.15) is 0 Å². The lowest BCUT2D eigenvalue weighted by atomic mass is 10.1. The fraction of sp³-hybridized carbons (Fsp3) is 0.417. The molecule has 0 radical (unpaired) electrons. The van der Waals surface area contributed by atoms with Crippen LogP contribution in [0.3, 0.4) is 0 Å². The molecule has 20 heavy (non-hydrogen) atoms. The fourth-order valence-corrected chi connectivity index (χ4v) is 2.59. The van der Waals surface area contributed by atoms with Crippen molar-refractivity contribution in [2.45, 2.75) is 18.9 Å². The number of furan rings is 1. The number of piperidine rings is 1. The minimum atomic E-state index is -0.901. The highest BCUT2D eigenvalue weighted by Crippen LogP contribution is 2.28. The highest BCUT2D eigenvalue weighted by Gasteiger charge is 2.24. The first-order valence-corrected chi connectivity index (χ1v) is 6.66. The second-order valence-corrected chi connectivity index (χ2v) is 5.07. The highest BCUT2D eigenvalue weighted by atomic mass is 35.5. The van der Waals surface area contributed by atoms with E-state index in [0.29, 0.717) is 29.9 Å². The van der Waals surface area contributed by atoms with Crippen molar-refractivity contribution in [3.63, 3.8) is 0 Å². The molecule has 1 unspecified atom stereocenters. The predicted octanol–water partition coefficient (Wildman–Crippen LogP) is 2.43. The number of nitrogens with zero attached hydrogens (tertiary/aromatic N) is 3. The van der Waals surface area contributed by atoms with Gasteiger partial charge < -0.3 is 19.7 Å². The van der Waals surface area contributed by atoms with Gasteiger partial charge in [-0.15, -0.1) is 10.2 Å². The average molecular weight is 297 g/mol. The molecular weight excluding hydrogens is 284 g/mol. The predicted molar refractivity (Wildman–Crippen MR) is 73.1 cm³/mol. The molecule has 1 fully saturated rings. The number of carboxylic acid groups (broad SMARTS) is 1. The van der Waals surface area contributed by atoms with Crippen LogP contribution in [0.25, 0.3) is 11.0 Å². The standard InChI is InChI=1S/C12H13ClN4O3/c13-10-8-3-5-20-9(8)11(16-15-10)14-7-2-1-4-17(6-7)12(18)19/h3,5,7H,1-2,4,6H2,(H,14,16)(H,18,19). The van der Waals surface area contributed by atoms with Gasteiger partial charge in [-0.1, -0.05) is 11.6 Å². The Hall–Kier alpha value is -2.02. The number of aromatic nitrogens is 2. The zero-order valence-corrected chi connectivity index (χ0v) is 11.3. The van der Waals surface area contributed by atoms with E-state index in [9.17, 15) is 4.79 Å². The first-order chi connectivity index (χ1) is 9.65. The van der Waals surface area contributed by atoms with Gasteiger partial charge in [-0.2, -0.15) is 0 Å². The maximum Gasteiger partial charge on any atom is 0.407 e. The highest BCUT2D eigenvalue weighted by molar-refractivity contribution is 6.34. The van der Waals surface area contributed by atoms with E-state index in [1.54, 1.807) is 6.07 Å². The number of nitrogens with one attached hydrogen (secondary N) is 1. The summed E-state index contributed by atoms with van der Waals surface area (Å²) in [5.41, 5.74) is 0.539. The van der Waals surface area contributed by atoms with Crippen LogP contribution in [0.15, 0.2) is 16.7 Å². The molecule has 1 aliphatic rings. The first-order valence-electron chi connectivity index (χ1n) is 6.29. The Labute approximate surface area is 119 Å². The van der Waals surface area contributed by atoms with Crippen molar-refractivity contribution in [3.8, 4) is 0 Å². The molecule has 8 heteroatoms. The van der Waals surface area contributed by atoms with Crippen molar-refractivity contribution >= 4 is 34.5 Å². The van der Waals surface area contributed by atoms with Gasteiger partial charge in [0, 0.05) is 19.1 Å². The monoisotopic (exact) mass is 296 g/mol. The van der Waals surface area contributed by atoms with E-state index in [0.717, 1.165) is 12.8 Å². The first kappa shape index (κ1) is 13.0. The molecule has 1 saturated heterocycles. The van der Waals surface area contributed by atoms with E-state index in [1.165, 1.54) is 11.2 Å². The number of fused-ring (bicyclic) bond motifs is 1. The third-order valence-corrected chi connectivity index (χ3v) is 3.65. The quantitative estimate of drug-likeness (QED) is 0.884. The van der Waals surface area contributed by atoms with Crippen molar-refractivity contribution < 1.29 is 14.3 Å². The van der Waals surface area contributed by atoms with Gasteiger partial charge >= 0.3 is 6.09 Å². The zero-order chi connectivity index (χ0) is 14.1. The van der Waals surface area contributed by atoms with E-state index < -0.39 is 6.09 Å². The molecule has 2 N–H and O–H groups in total. The molecule has 0 aromatic carbocycles. The molecule has 2 aromatic heterocycles. The topological polar surface area (TPSA) is 91.5 Å². The lowest BCUT2D eigenvalue weighted by Gasteiger charge is -2.31. The molecule has 0 spiro atoms. The van der Waals surface area contributed by atoms with Crippen molar-refractivity contribution in [3.05, 3.63) is 17.5 Å². The van der Waals surface area contributed by atoms with Crippen LogP contribution in [-0.2, 0) is 0 Å². The third-order valence-electron chi connectivity index (χ3n) is 3.37. The van der Waals surface area contributed by atoms with Crippen molar-refractivity contribution in [1.82, 2.24) is 15.1 Å². The summed E-state index contributed by atoms with van der Waals surface area (Å²) in [6, 6.07) is 1.71. The van der Waals surface area contributed by atoms with Crippen LogP contribution in [0.5, 0.6) is 0 Å². The summed E-state index contributed by atoms with van der Waals surface area (Å²) >= 11 is 5.93. The van der Waals surface area contributed by atoms with Crippen LogP contribution in [0.2, 0.25) is 5.15 Å². The summed E-state index contributed by atoms with van der Waals surface area (Å²) in [7, 11) is 0. The Balaban J connectivity index is 1.81. The van der Waals surface area contributed by atoms with Crippen LogP contribution in [0.1, 0.15) is 12.8 Å². The summed E-state index contributed by atoms with van der Waals surface area (Å²) in [5.74, 6) is 0.492. The molecule has 0 bridgehead atoms. The number of hydrogen-bond acceptors (Lipinski definition) is 5. The number of hydrogen-bond donors (Lipinski definition) is 2. The second-order valence-electron chi connectivity index (χ2n) is 4.71. The summed E-state index contributed by atoms with van der Waals surface area (Å²) in [5, 5.41) is 21.1. The largest absolute Gasteiger partial charge is 0.465 e. The SMILES string of the molecule is O=C(O)N1CCCC(Nc2nnc(Cl)c3ccoc23)C1. The fourth-order valence-electron chi connectivity index (χ4n) is 2.40. The molecule has 0 saturated carbocycles. The minimum absolute atomic E-state index is 0.0105. The Bertz CT molecular complexity index is 645. The van der Waals surface area contributed by atoms with E-state index in [4.69, 9.17) is 21.1 Å². The van der Waals surface area contributed by atoms with Gasteiger partial charge in [0.2, 0.25) is 0 Å². The summed E-state index contributed by atoms with van der Waals surface area (Å²) in [6.45, 7) is 0.984. The smallest absolute Gasteiger partial charge is 0.407 e. The Morgan fingerprint density at radius 2 is 2.40 bits per heavy atom.